The van der Waals surface area contributed by atoms with Crippen LogP contribution in [0.4, 0.5) is 5.69 Å². The number of carbonyl (C=O) groups is 1. The first-order valence-corrected chi connectivity index (χ1v) is 14.4. The Bertz CT molecular complexity index is 1620. The fourth-order valence-electron chi connectivity index (χ4n) is 3.77. The summed E-state index contributed by atoms with van der Waals surface area (Å²) in [5.41, 5.74) is 1.82. The summed E-state index contributed by atoms with van der Waals surface area (Å²) in [5.74, 6) is -0.578. The minimum Gasteiger partial charge on any atom is -0.355 e. The number of rotatable bonds is 7. The van der Waals surface area contributed by atoms with E-state index in [1.165, 1.54) is 36.7 Å². The molecule has 0 bridgehead atoms. The van der Waals surface area contributed by atoms with Gasteiger partial charge in [-0.25, -0.2) is 16.8 Å². The van der Waals surface area contributed by atoms with E-state index in [1.54, 1.807) is 32.9 Å². The number of aromatic nitrogens is 1. The predicted molar refractivity (Wildman–Crippen MR) is 134 cm³/mol. The molecule has 0 spiro atoms. The first-order chi connectivity index (χ1) is 16.3. The molecule has 184 valence electrons. The van der Waals surface area contributed by atoms with E-state index in [0.717, 1.165) is 16.9 Å². The number of allylic oxidation sites excluding steroid dienone is 1. The topological polar surface area (TPSA) is 136 Å². The molecule has 2 aromatic heterocycles. The second kappa shape index (κ2) is 8.70. The number of hydrogen-bond donors (Lipinski definition) is 1. The van der Waals surface area contributed by atoms with E-state index >= 15 is 0 Å². The summed E-state index contributed by atoms with van der Waals surface area (Å²) in [7, 11) is -8.98. The first kappa shape index (κ1) is 25.3. The van der Waals surface area contributed by atoms with E-state index < -0.39 is 33.8 Å². The molecule has 1 aromatic carbocycles. The maximum Gasteiger partial charge on any atom is 0.272 e. The SMILES string of the molecule is CC(=O)c1cc(C)cc(C)c1NS(=O)(=O)c1sccc1S(=O)(=O)C1(c2onc(C)c2Cl)C=CC=N1. The molecule has 0 radical (unpaired) electrons. The molecule has 0 aliphatic carbocycles. The zero-order valence-corrected chi connectivity index (χ0v) is 22.2. The largest absolute Gasteiger partial charge is 0.355 e. The van der Waals surface area contributed by atoms with Crippen LogP contribution in [0, 0.1) is 20.8 Å². The molecule has 1 aliphatic rings. The molecule has 35 heavy (non-hydrogen) atoms. The molecule has 1 aliphatic heterocycles. The van der Waals surface area contributed by atoms with Crippen molar-refractivity contribution in [3.05, 3.63) is 68.9 Å². The molecule has 0 saturated heterocycles. The highest BCUT2D eigenvalue weighted by Gasteiger charge is 2.52. The number of thiophene rings is 1. The molecule has 13 heteroatoms. The lowest BCUT2D eigenvalue weighted by atomic mass is 10.0. The molecule has 1 N–H and O–H groups in total. The number of halogens is 1. The van der Waals surface area contributed by atoms with Crippen LogP contribution in [0.25, 0.3) is 0 Å². The number of hydrogen-bond acceptors (Lipinski definition) is 9. The number of sulfonamides is 1. The van der Waals surface area contributed by atoms with Crippen LogP contribution in [0.2, 0.25) is 5.02 Å². The van der Waals surface area contributed by atoms with E-state index in [4.69, 9.17) is 16.1 Å². The lowest BCUT2D eigenvalue weighted by molar-refractivity contribution is 0.101. The number of Topliss-reactive ketones (excluding diaryl/α,β-unsaturated/α-hetero) is 1. The molecule has 3 aromatic rings. The van der Waals surface area contributed by atoms with Gasteiger partial charge in [0.1, 0.15) is 9.92 Å². The Morgan fingerprint density at radius 2 is 1.89 bits per heavy atom. The number of nitrogens with one attached hydrogen (secondary N) is 1. The molecular formula is C22H20ClN3O6S3. The van der Waals surface area contributed by atoms with Crippen molar-refractivity contribution in [2.24, 2.45) is 4.99 Å². The fourth-order valence-corrected chi connectivity index (χ4v) is 9.18. The van der Waals surface area contributed by atoms with Gasteiger partial charge in [0.2, 0.25) is 20.5 Å². The predicted octanol–water partition coefficient (Wildman–Crippen LogP) is 4.59. The summed E-state index contributed by atoms with van der Waals surface area (Å²) in [5, 5.41) is 5.05. The second-order valence-electron chi connectivity index (χ2n) is 7.99. The Balaban J connectivity index is 1.86. The second-order valence-corrected chi connectivity index (χ2v) is 13.2. The summed E-state index contributed by atoms with van der Waals surface area (Å²) in [6, 6.07) is 4.47. The van der Waals surface area contributed by atoms with Crippen LogP contribution >= 0.6 is 22.9 Å². The summed E-state index contributed by atoms with van der Waals surface area (Å²) < 4.78 is 62.0. The zero-order valence-electron chi connectivity index (χ0n) is 19.0. The minimum atomic E-state index is -4.55. The normalized spacial score (nSPS) is 17.7. The van der Waals surface area contributed by atoms with Crippen LogP contribution in [0.1, 0.15) is 39.9 Å². The Hall–Kier alpha value is -2.80. The summed E-state index contributed by atoms with van der Waals surface area (Å²) in [6.07, 6.45) is 3.92. The van der Waals surface area contributed by atoms with Gasteiger partial charge in [-0.3, -0.25) is 14.5 Å². The van der Waals surface area contributed by atoms with Crippen LogP contribution in [-0.2, 0) is 24.7 Å². The van der Waals surface area contributed by atoms with Crippen molar-refractivity contribution in [1.29, 1.82) is 0 Å². The van der Waals surface area contributed by atoms with E-state index in [2.05, 4.69) is 14.9 Å². The molecule has 4 rings (SSSR count). The molecule has 1 atom stereocenters. The summed E-state index contributed by atoms with van der Waals surface area (Å²) in [4.78, 5) is 13.7. The number of aryl methyl sites for hydroxylation is 3. The zero-order chi connectivity index (χ0) is 25.8. The minimum absolute atomic E-state index is 0.0311. The first-order valence-electron chi connectivity index (χ1n) is 10.1. The number of carbonyl (C=O) groups excluding carboxylic acids is 1. The van der Waals surface area contributed by atoms with Crippen molar-refractivity contribution in [3.8, 4) is 0 Å². The molecule has 3 heterocycles. The van der Waals surface area contributed by atoms with Gasteiger partial charge >= 0.3 is 0 Å². The van der Waals surface area contributed by atoms with E-state index in [1.807, 2.05) is 0 Å². The van der Waals surface area contributed by atoms with Gasteiger partial charge in [-0.1, -0.05) is 22.8 Å². The highest BCUT2D eigenvalue weighted by molar-refractivity contribution is 7.97. The highest BCUT2D eigenvalue weighted by Crippen LogP contribution is 2.46. The third kappa shape index (κ3) is 4.03. The van der Waals surface area contributed by atoms with Gasteiger partial charge in [0, 0.05) is 11.8 Å². The number of benzene rings is 1. The Morgan fingerprint density at radius 1 is 1.17 bits per heavy atom. The van der Waals surface area contributed by atoms with Gasteiger partial charge in [0.05, 0.1) is 11.4 Å². The number of sulfone groups is 1. The van der Waals surface area contributed by atoms with Gasteiger partial charge < -0.3 is 4.52 Å². The Morgan fingerprint density at radius 3 is 2.46 bits per heavy atom. The molecule has 9 nitrogen and oxygen atoms in total. The van der Waals surface area contributed by atoms with Crippen LogP contribution in [0.5, 0.6) is 0 Å². The number of ketones is 1. The molecule has 0 amide bonds. The van der Waals surface area contributed by atoms with E-state index in [-0.39, 0.29) is 33.5 Å². The van der Waals surface area contributed by atoms with Gasteiger partial charge in [-0.15, -0.1) is 11.3 Å². The summed E-state index contributed by atoms with van der Waals surface area (Å²) >= 11 is 6.99. The maximum atomic E-state index is 13.9. The van der Waals surface area contributed by atoms with Crippen molar-refractivity contribution in [1.82, 2.24) is 5.16 Å². The molecular weight excluding hydrogens is 534 g/mol. The quantitative estimate of drug-likeness (QED) is 0.423. The average Bonchev–Trinajstić information content (AvgIpc) is 3.51. The molecule has 1 unspecified atom stereocenters. The Kier molecular flexibility index (Phi) is 6.29. The fraction of sp³-hybridized carbons (Fsp3) is 0.227. The van der Waals surface area contributed by atoms with Gasteiger partial charge in [0.25, 0.3) is 10.0 Å². The average molecular weight is 554 g/mol. The van der Waals surface area contributed by atoms with E-state index in [9.17, 15) is 21.6 Å². The van der Waals surface area contributed by atoms with Crippen LogP contribution in [0.3, 0.4) is 0 Å². The number of anilines is 1. The van der Waals surface area contributed by atoms with Crippen molar-refractivity contribution in [2.45, 2.75) is 41.7 Å². The van der Waals surface area contributed by atoms with Gasteiger partial charge in [-0.2, -0.15) is 0 Å². The van der Waals surface area contributed by atoms with Gasteiger partial charge in [0.15, 0.2) is 9.99 Å². The number of nitrogens with zero attached hydrogens (tertiary/aromatic N) is 2. The van der Waals surface area contributed by atoms with Crippen molar-refractivity contribution in [3.63, 3.8) is 0 Å². The van der Waals surface area contributed by atoms with Crippen LogP contribution < -0.4 is 4.72 Å². The smallest absolute Gasteiger partial charge is 0.272 e. The lowest BCUT2D eigenvalue weighted by Gasteiger charge is -2.22. The maximum absolute atomic E-state index is 13.9. The van der Waals surface area contributed by atoms with Gasteiger partial charge in [-0.05, 0) is 68.5 Å². The monoisotopic (exact) mass is 553 g/mol. The third-order valence-corrected chi connectivity index (χ3v) is 11.1. The van der Waals surface area contributed by atoms with Crippen LogP contribution in [-0.4, -0.2) is 34.0 Å². The van der Waals surface area contributed by atoms with E-state index in [0.29, 0.717) is 5.56 Å². The van der Waals surface area contributed by atoms with Crippen molar-refractivity contribution < 1.29 is 26.2 Å². The standard InChI is InChI=1S/C22H20ClN3O6S3/c1-12-10-13(2)19(16(11-12)15(4)27)26-35(30,31)21-17(6-9-33-21)34(28,29)22(7-5-8-24-22)20-18(23)14(3)25-32-20/h5-11,26H,1-4H3. The molecule has 0 saturated carbocycles. The lowest BCUT2D eigenvalue weighted by Crippen LogP contribution is -2.32. The Labute approximate surface area is 211 Å². The highest BCUT2D eigenvalue weighted by atomic mass is 35.5. The third-order valence-electron chi connectivity index (χ3n) is 5.43. The van der Waals surface area contributed by atoms with Crippen molar-refractivity contribution in [2.75, 3.05) is 4.72 Å². The van der Waals surface area contributed by atoms with Crippen molar-refractivity contribution >= 4 is 60.5 Å². The summed E-state index contributed by atoms with van der Waals surface area (Å²) in [6.45, 7) is 6.31. The molecule has 0 fully saturated rings. The van der Waals surface area contributed by atoms with Crippen LogP contribution in [0.15, 0.2) is 54.4 Å². The number of aliphatic imine (C=N–C) groups is 1.